The van der Waals surface area contributed by atoms with Gasteiger partial charge in [-0.25, -0.2) is 0 Å². The molecule has 0 saturated heterocycles. The lowest BCUT2D eigenvalue weighted by Crippen LogP contribution is -2.48. The molecule has 0 heterocycles. The number of nitrogens with zero attached hydrogens (tertiary/aromatic N) is 1. The standard InChI is InChI=1S/C16H24N2O3/c1-4-12(2)15(17)16(20)18(11-14(19)21-3)10-13-8-6-5-7-9-13/h5-9,12,15H,4,10-11,17H2,1-3H3/t12-,15-/m0/s1. The van der Waals surface area contributed by atoms with Crippen LogP contribution in [0.15, 0.2) is 30.3 Å². The molecule has 0 saturated carbocycles. The van der Waals surface area contributed by atoms with Crippen LogP contribution in [-0.4, -0.2) is 36.5 Å². The van der Waals surface area contributed by atoms with Crippen molar-refractivity contribution in [3.05, 3.63) is 35.9 Å². The predicted molar refractivity (Wildman–Crippen MR) is 81.3 cm³/mol. The number of rotatable bonds is 7. The molecule has 2 atom stereocenters. The second kappa shape index (κ2) is 8.42. The van der Waals surface area contributed by atoms with Crippen molar-refractivity contribution in [2.45, 2.75) is 32.9 Å². The Morgan fingerprint density at radius 2 is 1.90 bits per heavy atom. The van der Waals surface area contributed by atoms with E-state index in [1.54, 1.807) is 0 Å². The van der Waals surface area contributed by atoms with Gasteiger partial charge in [0.15, 0.2) is 0 Å². The molecule has 0 aliphatic rings. The van der Waals surface area contributed by atoms with Crippen LogP contribution in [-0.2, 0) is 20.9 Å². The molecule has 0 unspecified atom stereocenters. The first-order valence-corrected chi connectivity index (χ1v) is 7.14. The molecule has 0 spiro atoms. The van der Waals surface area contributed by atoms with Crippen LogP contribution in [0.3, 0.4) is 0 Å². The Labute approximate surface area is 126 Å². The van der Waals surface area contributed by atoms with E-state index in [0.29, 0.717) is 6.54 Å². The van der Waals surface area contributed by atoms with Crippen molar-refractivity contribution in [1.82, 2.24) is 4.90 Å². The fourth-order valence-electron chi connectivity index (χ4n) is 1.94. The molecular formula is C16H24N2O3. The minimum atomic E-state index is -0.608. The van der Waals surface area contributed by atoms with Crippen molar-refractivity contribution < 1.29 is 14.3 Å². The van der Waals surface area contributed by atoms with Gasteiger partial charge in [0.05, 0.1) is 13.2 Å². The Bertz CT molecular complexity index is 462. The summed E-state index contributed by atoms with van der Waals surface area (Å²) in [5.41, 5.74) is 6.95. The molecule has 5 heteroatoms. The number of esters is 1. The van der Waals surface area contributed by atoms with Crippen LogP contribution < -0.4 is 5.73 Å². The number of nitrogens with two attached hydrogens (primary N) is 1. The summed E-state index contributed by atoms with van der Waals surface area (Å²) in [6.07, 6.45) is 0.810. The molecule has 0 aliphatic carbocycles. The molecule has 0 aromatic heterocycles. The lowest BCUT2D eigenvalue weighted by Gasteiger charge is -2.27. The fourth-order valence-corrected chi connectivity index (χ4v) is 1.94. The van der Waals surface area contributed by atoms with E-state index in [1.807, 2.05) is 44.2 Å². The second-order valence-corrected chi connectivity index (χ2v) is 5.17. The SMILES string of the molecule is CC[C@H](C)[C@H](N)C(=O)N(CC(=O)OC)Cc1ccccc1. The van der Waals surface area contributed by atoms with E-state index in [-0.39, 0.29) is 18.4 Å². The van der Waals surface area contributed by atoms with Gasteiger partial charge >= 0.3 is 5.97 Å². The van der Waals surface area contributed by atoms with Crippen LogP contribution in [0.25, 0.3) is 0 Å². The summed E-state index contributed by atoms with van der Waals surface area (Å²) in [7, 11) is 1.31. The zero-order valence-electron chi connectivity index (χ0n) is 12.9. The summed E-state index contributed by atoms with van der Waals surface area (Å²) in [6.45, 7) is 4.17. The quantitative estimate of drug-likeness (QED) is 0.774. The van der Waals surface area contributed by atoms with Gasteiger partial charge in [-0.2, -0.15) is 0 Å². The summed E-state index contributed by atoms with van der Waals surface area (Å²) >= 11 is 0. The van der Waals surface area contributed by atoms with E-state index < -0.39 is 12.0 Å². The van der Waals surface area contributed by atoms with Crippen molar-refractivity contribution >= 4 is 11.9 Å². The van der Waals surface area contributed by atoms with Crippen molar-refractivity contribution in [2.75, 3.05) is 13.7 Å². The molecule has 5 nitrogen and oxygen atoms in total. The summed E-state index contributed by atoms with van der Waals surface area (Å²) in [6, 6.07) is 8.90. The highest BCUT2D eigenvalue weighted by molar-refractivity contribution is 5.85. The zero-order valence-corrected chi connectivity index (χ0v) is 12.9. The van der Waals surface area contributed by atoms with Gasteiger partial charge in [-0.05, 0) is 11.5 Å². The maximum Gasteiger partial charge on any atom is 0.325 e. The normalized spacial score (nSPS) is 13.3. The molecule has 0 bridgehead atoms. The van der Waals surface area contributed by atoms with Gasteiger partial charge < -0.3 is 15.4 Å². The maximum atomic E-state index is 12.5. The highest BCUT2D eigenvalue weighted by Gasteiger charge is 2.26. The number of benzene rings is 1. The molecule has 1 aromatic carbocycles. The summed E-state index contributed by atoms with van der Waals surface area (Å²) in [5.74, 6) is -0.609. The van der Waals surface area contributed by atoms with Crippen LogP contribution in [0.4, 0.5) is 0 Å². The number of ether oxygens (including phenoxy) is 1. The van der Waals surface area contributed by atoms with Gasteiger partial charge in [0, 0.05) is 6.54 Å². The Morgan fingerprint density at radius 1 is 1.29 bits per heavy atom. The number of carbonyl (C=O) groups is 2. The number of methoxy groups -OCH3 is 1. The third kappa shape index (κ3) is 5.19. The van der Waals surface area contributed by atoms with Crippen molar-refractivity contribution in [3.63, 3.8) is 0 Å². The van der Waals surface area contributed by atoms with Gasteiger partial charge in [-0.1, -0.05) is 50.6 Å². The first-order valence-electron chi connectivity index (χ1n) is 7.14. The van der Waals surface area contributed by atoms with Crippen LogP contribution in [0, 0.1) is 5.92 Å². The summed E-state index contributed by atoms with van der Waals surface area (Å²) in [4.78, 5) is 25.5. The Hall–Kier alpha value is -1.88. The lowest BCUT2D eigenvalue weighted by molar-refractivity contribution is -0.148. The van der Waals surface area contributed by atoms with Crippen LogP contribution in [0.2, 0.25) is 0 Å². The minimum absolute atomic E-state index is 0.0634. The fraction of sp³-hybridized carbons (Fsp3) is 0.500. The monoisotopic (exact) mass is 292 g/mol. The number of hydrogen-bond donors (Lipinski definition) is 1. The van der Waals surface area contributed by atoms with Crippen LogP contribution in [0.5, 0.6) is 0 Å². The van der Waals surface area contributed by atoms with E-state index >= 15 is 0 Å². The van der Waals surface area contributed by atoms with Crippen molar-refractivity contribution in [2.24, 2.45) is 11.7 Å². The molecule has 116 valence electrons. The van der Waals surface area contributed by atoms with E-state index in [2.05, 4.69) is 4.74 Å². The third-order valence-corrected chi connectivity index (χ3v) is 3.62. The van der Waals surface area contributed by atoms with E-state index in [4.69, 9.17) is 5.73 Å². The number of hydrogen-bond acceptors (Lipinski definition) is 4. The van der Waals surface area contributed by atoms with Gasteiger partial charge in [0.1, 0.15) is 6.54 Å². The largest absolute Gasteiger partial charge is 0.468 e. The Kier molecular flexibility index (Phi) is 6.88. The molecule has 2 N–H and O–H groups in total. The summed E-state index contributed by atoms with van der Waals surface area (Å²) < 4.78 is 4.66. The first kappa shape index (κ1) is 17.2. The minimum Gasteiger partial charge on any atom is -0.468 e. The molecule has 0 aliphatic heterocycles. The average molecular weight is 292 g/mol. The highest BCUT2D eigenvalue weighted by Crippen LogP contribution is 2.12. The van der Waals surface area contributed by atoms with Crippen LogP contribution in [0.1, 0.15) is 25.8 Å². The van der Waals surface area contributed by atoms with Gasteiger partial charge in [-0.3, -0.25) is 9.59 Å². The Morgan fingerprint density at radius 3 is 2.43 bits per heavy atom. The van der Waals surface area contributed by atoms with E-state index in [1.165, 1.54) is 12.0 Å². The van der Waals surface area contributed by atoms with E-state index in [0.717, 1.165) is 12.0 Å². The third-order valence-electron chi connectivity index (χ3n) is 3.62. The number of carbonyl (C=O) groups excluding carboxylic acids is 2. The van der Waals surface area contributed by atoms with Crippen LogP contribution >= 0.6 is 0 Å². The predicted octanol–water partition coefficient (Wildman–Crippen LogP) is 1.56. The van der Waals surface area contributed by atoms with Gasteiger partial charge in [-0.15, -0.1) is 0 Å². The van der Waals surface area contributed by atoms with Crippen molar-refractivity contribution in [3.8, 4) is 0 Å². The topological polar surface area (TPSA) is 72.6 Å². The average Bonchev–Trinajstić information content (AvgIpc) is 2.52. The van der Waals surface area contributed by atoms with E-state index in [9.17, 15) is 9.59 Å². The molecule has 0 fully saturated rings. The molecular weight excluding hydrogens is 268 g/mol. The molecule has 21 heavy (non-hydrogen) atoms. The molecule has 0 radical (unpaired) electrons. The number of amides is 1. The second-order valence-electron chi connectivity index (χ2n) is 5.17. The van der Waals surface area contributed by atoms with Gasteiger partial charge in [0.2, 0.25) is 5.91 Å². The molecule has 1 rings (SSSR count). The maximum absolute atomic E-state index is 12.5. The Balaban J connectivity index is 2.86. The summed E-state index contributed by atoms with van der Waals surface area (Å²) in [5, 5.41) is 0. The highest BCUT2D eigenvalue weighted by atomic mass is 16.5. The lowest BCUT2D eigenvalue weighted by atomic mass is 9.98. The molecule has 1 amide bonds. The van der Waals surface area contributed by atoms with Gasteiger partial charge in [0.25, 0.3) is 0 Å². The smallest absolute Gasteiger partial charge is 0.325 e. The zero-order chi connectivity index (χ0) is 15.8. The molecule has 1 aromatic rings. The van der Waals surface area contributed by atoms with Crippen molar-refractivity contribution in [1.29, 1.82) is 0 Å². The first-order chi connectivity index (χ1) is 9.99.